The van der Waals surface area contributed by atoms with Gasteiger partial charge in [-0.25, -0.2) is 0 Å². The van der Waals surface area contributed by atoms with Gasteiger partial charge in [-0.3, -0.25) is 0 Å². The SMILES string of the molecule is CNCC(O)c1cccc(C)c1C. The first kappa shape index (κ1) is 10.2. The number of hydrogen-bond donors (Lipinski definition) is 2. The zero-order valence-electron chi connectivity index (χ0n) is 8.46. The van der Waals surface area contributed by atoms with Crippen molar-refractivity contribution in [2.45, 2.75) is 20.0 Å². The van der Waals surface area contributed by atoms with E-state index < -0.39 is 6.10 Å². The Morgan fingerprint density at radius 3 is 2.69 bits per heavy atom. The highest BCUT2D eigenvalue weighted by atomic mass is 16.3. The van der Waals surface area contributed by atoms with Gasteiger partial charge in [0.1, 0.15) is 0 Å². The summed E-state index contributed by atoms with van der Waals surface area (Å²) in [7, 11) is 1.84. The first-order chi connectivity index (χ1) is 6.16. The molecule has 0 saturated heterocycles. The van der Waals surface area contributed by atoms with E-state index in [1.807, 2.05) is 26.1 Å². The summed E-state index contributed by atoms with van der Waals surface area (Å²) in [6.07, 6.45) is -0.398. The summed E-state index contributed by atoms with van der Waals surface area (Å²) in [4.78, 5) is 0. The predicted molar refractivity (Wildman–Crippen MR) is 54.8 cm³/mol. The van der Waals surface area contributed by atoms with Gasteiger partial charge < -0.3 is 10.4 Å². The van der Waals surface area contributed by atoms with Gasteiger partial charge in [-0.2, -0.15) is 0 Å². The van der Waals surface area contributed by atoms with Crippen molar-refractivity contribution in [2.24, 2.45) is 0 Å². The molecule has 1 aromatic carbocycles. The summed E-state index contributed by atoms with van der Waals surface area (Å²) in [5, 5.41) is 12.7. The molecule has 72 valence electrons. The van der Waals surface area contributed by atoms with E-state index in [2.05, 4.69) is 18.3 Å². The van der Waals surface area contributed by atoms with Crippen LogP contribution in [0.2, 0.25) is 0 Å². The van der Waals surface area contributed by atoms with Crippen LogP contribution < -0.4 is 5.32 Å². The fraction of sp³-hybridized carbons (Fsp3) is 0.455. The van der Waals surface area contributed by atoms with Crippen molar-refractivity contribution in [2.75, 3.05) is 13.6 Å². The summed E-state index contributed by atoms with van der Waals surface area (Å²) < 4.78 is 0. The number of aliphatic hydroxyl groups excluding tert-OH is 1. The van der Waals surface area contributed by atoms with Gasteiger partial charge in [0.25, 0.3) is 0 Å². The molecule has 1 rings (SSSR count). The maximum absolute atomic E-state index is 9.76. The monoisotopic (exact) mass is 179 g/mol. The maximum Gasteiger partial charge on any atom is 0.0916 e. The van der Waals surface area contributed by atoms with Crippen LogP contribution >= 0.6 is 0 Å². The number of aliphatic hydroxyl groups is 1. The lowest BCUT2D eigenvalue weighted by molar-refractivity contribution is 0.177. The molecular formula is C11H17NO. The standard InChI is InChI=1S/C11H17NO/c1-8-5-4-6-10(9(8)2)11(13)7-12-3/h4-6,11-13H,7H2,1-3H3. The molecule has 1 unspecified atom stereocenters. The molecule has 0 aliphatic heterocycles. The van der Waals surface area contributed by atoms with E-state index in [1.165, 1.54) is 11.1 Å². The van der Waals surface area contributed by atoms with Crippen LogP contribution in [-0.2, 0) is 0 Å². The molecule has 0 aliphatic rings. The molecule has 0 radical (unpaired) electrons. The minimum atomic E-state index is -0.398. The van der Waals surface area contributed by atoms with Crippen molar-refractivity contribution in [1.29, 1.82) is 0 Å². The van der Waals surface area contributed by atoms with Gasteiger partial charge in [0.05, 0.1) is 6.10 Å². The van der Waals surface area contributed by atoms with Crippen molar-refractivity contribution >= 4 is 0 Å². The molecular weight excluding hydrogens is 162 g/mol. The van der Waals surface area contributed by atoms with Crippen LogP contribution in [0.25, 0.3) is 0 Å². The molecule has 2 N–H and O–H groups in total. The number of benzene rings is 1. The smallest absolute Gasteiger partial charge is 0.0916 e. The lowest BCUT2D eigenvalue weighted by Crippen LogP contribution is -2.17. The molecule has 0 spiro atoms. The highest BCUT2D eigenvalue weighted by Gasteiger charge is 2.09. The first-order valence-electron chi connectivity index (χ1n) is 4.55. The molecule has 1 atom stereocenters. The molecule has 0 aromatic heterocycles. The Hall–Kier alpha value is -0.860. The number of nitrogens with one attached hydrogen (secondary N) is 1. The summed E-state index contributed by atoms with van der Waals surface area (Å²) in [6.45, 7) is 4.71. The van der Waals surface area contributed by atoms with Gasteiger partial charge in [0.15, 0.2) is 0 Å². The third kappa shape index (κ3) is 2.29. The van der Waals surface area contributed by atoms with E-state index in [1.54, 1.807) is 0 Å². The highest BCUT2D eigenvalue weighted by molar-refractivity contribution is 5.34. The van der Waals surface area contributed by atoms with E-state index in [9.17, 15) is 5.11 Å². The van der Waals surface area contributed by atoms with Crippen LogP contribution in [0, 0.1) is 13.8 Å². The summed E-state index contributed by atoms with van der Waals surface area (Å²) in [5.74, 6) is 0. The van der Waals surface area contributed by atoms with Crippen LogP contribution in [0.4, 0.5) is 0 Å². The van der Waals surface area contributed by atoms with E-state index in [0.717, 1.165) is 5.56 Å². The van der Waals surface area contributed by atoms with Gasteiger partial charge in [0.2, 0.25) is 0 Å². The molecule has 0 bridgehead atoms. The molecule has 13 heavy (non-hydrogen) atoms. The van der Waals surface area contributed by atoms with E-state index in [4.69, 9.17) is 0 Å². The highest BCUT2D eigenvalue weighted by Crippen LogP contribution is 2.19. The van der Waals surface area contributed by atoms with Crippen LogP contribution in [0.15, 0.2) is 18.2 Å². The Bertz CT molecular complexity index is 283. The molecule has 0 amide bonds. The lowest BCUT2D eigenvalue weighted by atomic mass is 9.99. The average molecular weight is 179 g/mol. The van der Waals surface area contributed by atoms with E-state index in [0.29, 0.717) is 6.54 Å². The molecule has 0 heterocycles. The fourth-order valence-corrected chi connectivity index (χ4v) is 1.44. The largest absolute Gasteiger partial charge is 0.387 e. The second kappa shape index (κ2) is 4.40. The Balaban J connectivity index is 2.93. The van der Waals surface area contributed by atoms with Crippen molar-refractivity contribution in [3.05, 3.63) is 34.9 Å². The van der Waals surface area contributed by atoms with E-state index in [-0.39, 0.29) is 0 Å². The van der Waals surface area contributed by atoms with Gasteiger partial charge in [-0.1, -0.05) is 18.2 Å². The van der Waals surface area contributed by atoms with Crippen LogP contribution in [0.1, 0.15) is 22.8 Å². The van der Waals surface area contributed by atoms with Gasteiger partial charge in [0, 0.05) is 6.54 Å². The van der Waals surface area contributed by atoms with Crippen molar-refractivity contribution in [3.63, 3.8) is 0 Å². The van der Waals surface area contributed by atoms with Gasteiger partial charge in [-0.05, 0) is 37.6 Å². The topological polar surface area (TPSA) is 32.3 Å². The Morgan fingerprint density at radius 1 is 1.38 bits per heavy atom. The molecule has 0 fully saturated rings. The molecule has 2 nitrogen and oxygen atoms in total. The second-order valence-corrected chi connectivity index (χ2v) is 3.36. The van der Waals surface area contributed by atoms with Crippen LogP contribution in [-0.4, -0.2) is 18.7 Å². The number of aryl methyl sites for hydroxylation is 1. The van der Waals surface area contributed by atoms with Crippen LogP contribution in [0.3, 0.4) is 0 Å². The number of likely N-dealkylation sites (N-methyl/N-ethyl adjacent to an activating group) is 1. The lowest BCUT2D eigenvalue weighted by Gasteiger charge is -2.14. The fourth-order valence-electron chi connectivity index (χ4n) is 1.44. The molecule has 0 aliphatic carbocycles. The second-order valence-electron chi connectivity index (χ2n) is 3.36. The third-order valence-electron chi connectivity index (χ3n) is 2.40. The summed E-state index contributed by atoms with van der Waals surface area (Å²) >= 11 is 0. The Labute approximate surface area is 79.6 Å². The molecule has 2 heteroatoms. The maximum atomic E-state index is 9.76. The van der Waals surface area contributed by atoms with E-state index >= 15 is 0 Å². The first-order valence-corrected chi connectivity index (χ1v) is 4.55. The van der Waals surface area contributed by atoms with Crippen molar-refractivity contribution < 1.29 is 5.11 Å². The minimum Gasteiger partial charge on any atom is -0.387 e. The normalized spacial score (nSPS) is 12.9. The third-order valence-corrected chi connectivity index (χ3v) is 2.40. The zero-order valence-corrected chi connectivity index (χ0v) is 8.46. The molecule has 0 saturated carbocycles. The van der Waals surface area contributed by atoms with Crippen LogP contribution in [0.5, 0.6) is 0 Å². The van der Waals surface area contributed by atoms with Crippen molar-refractivity contribution in [1.82, 2.24) is 5.32 Å². The Kier molecular flexibility index (Phi) is 3.46. The van der Waals surface area contributed by atoms with Gasteiger partial charge >= 0.3 is 0 Å². The summed E-state index contributed by atoms with van der Waals surface area (Å²) in [5.41, 5.74) is 3.44. The molecule has 1 aromatic rings. The quantitative estimate of drug-likeness (QED) is 0.738. The average Bonchev–Trinajstić information content (AvgIpc) is 2.10. The zero-order chi connectivity index (χ0) is 9.84. The van der Waals surface area contributed by atoms with Crippen molar-refractivity contribution in [3.8, 4) is 0 Å². The Morgan fingerprint density at radius 2 is 2.08 bits per heavy atom. The minimum absolute atomic E-state index is 0.398. The van der Waals surface area contributed by atoms with Gasteiger partial charge in [-0.15, -0.1) is 0 Å². The predicted octanol–water partition coefficient (Wildman–Crippen LogP) is 1.56. The number of hydrogen-bond acceptors (Lipinski definition) is 2. The number of rotatable bonds is 3. The summed E-state index contributed by atoms with van der Waals surface area (Å²) in [6, 6.07) is 6.02.